The summed E-state index contributed by atoms with van der Waals surface area (Å²) in [7, 11) is 0. The van der Waals surface area contributed by atoms with Crippen molar-refractivity contribution in [2.24, 2.45) is 0 Å². The van der Waals surface area contributed by atoms with Gasteiger partial charge < -0.3 is 4.74 Å². The number of ether oxygens (including phenoxy) is 1. The molecule has 0 atom stereocenters. The normalized spacial score (nSPS) is 10.6. The van der Waals surface area contributed by atoms with Gasteiger partial charge in [-0.05, 0) is 35.2 Å². The van der Waals surface area contributed by atoms with Crippen molar-refractivity contribution < 1.29 is 9.53 Å². The van der Waals surface area contributed by atoms with Crippen molar-refractivity contribution in [2.45, 2.75) is 19.8 Å². The standard InChI is InChI=1S/C22H20O2/c1-16(2)17-12-14-19(15-13-17)22(23)24-21-11-7-6-10-20(21)18-8-4-3-5-9-18/h3-16H,1-2H3. The first-order valence-corrected chi connectivity index (χ1v) is 8.12. The van der Waals surface area contributed by atoms with Crippen molar-refractivity contribution in [3.8, 4) is 16.9 Å². The molecule has 3 aromatic rings. The van der Waals surface area contributed by atoms with Crippen LogP contribution in [0.4, 0.5) is 0 Å². The minimum atomic E-state index is -0.339. The van der Waals surface area contributed by atoms with E-state index in [2.05, 4.69) is 13.8 Å². The molecule has 0 saturated heterocycles. The Morgan fingerprint density at radius 2 is 1.42 bits per heavy atom. The molecule has 2 nitrogen and oxygen atoms in total. The molecule has 0 unspecified atom stereocenters. The number of hydrogen-bond acceptors (Lipinski definition) is 2. The van der Waals surface area contributed by atoms with Crippen LogP contribution in [0.2, 0.25) is 0 Å². The Kier molecular flexibility index (Phi) is 4.76. The van der Waals surface area contributed by atoms with Gasteiger partial charge in [0.05, 0.1) is 5.56 Å². The summed E-state index contributed by atoms with van der Waals surface area (Å²) in [5.41, 5.74) is 3.69. The van der Waals surface area contributed by atoms with Gasteiger partial charge in [0.25, 0.3) is 0 Å². The van der Waals surface area contributed by atoms with E-state index in [1.165, 1.54) is 5.56 Å². The molecule has 0 radical (unpaired) electrons. The fourth-order valence-corrected chi connectivity index (χ4v) is 2.57. The van der Waals surface area contributed by atoms with Crippen LogP contribution in [0.1, 0.15) is 35.7 Å². The van der Waals surface area contributed by atoms with Gasteiger partial charge in [0.2, 0.25) is 0 Å². The Morgan fingerprint density at radius 1 is 0.792 bits per heavy atom. The number of rotatable bonds is 4. The van der Waals surface area contributed by atoms with Gasteiger partial charge in [-0.15, -0.1) is 0 Å². The number of carbonyl (C=O) groups is 1. The van der Waals surface area contributed by atoms with Gasteiger partial charge in [-0.1, -0.05) is 74.5 Å². The first-order chi connectivity index (χ1) is 11.6. The highest BCUT2D eigenvalue weighted by molar-refractivity contribution is 5.92. The molecule has 3 aromatic carbocycles. The molecule has 0 aliphatic carbocycles. The van der Waals surface area contributed by atoms with Crippen molar-refractivity contribution >= 4 is 5.97 Å². The molecule has 0 aliphatic heterocycles. The topological polar surface area (TPSA) is 26.3 Å². The van der Waals surface area contributed by atoms with E-state index in [4.69, 9.17) is 4.74 Å². The molecule has 0 N–H and O–H groups in total. The van der Waals surface area contributed by atoms with Crippen LogP contribution in [0, 0.1) is 0 Å². The summed E-state index contributed by atoms with van der Waals surface area (Å²) < 4.78 is 5.65. The molecular formula is C22H20O2. The van der Waals surface area contributed by atoms with Crippen LogP contribution >= 0.6 is 0 Å². The zero-order valence-electron chi connectivity index (χ0n) is 13.9. The van der Waals surface area contributed by atoms with Crippen molar-refractivity contribution in [3.63, 3.8) is 0 Å². The van der Waals surface area contributed by atoms with Crippen LogP contribution in [0.15, 0.2) is 78.9 Å². The van der Waals surface area contributed by atoms with Gasteiger partial charge in [0.15, 0.2) is 0 Å². The van der Waals surface area contributed by atoms with Crippen LogP contribution in [-0.2, 0) is 0 Å². The Balaban J connectivity index is 1.85. The van der Waals surface area contributed by atoms with Gasteiger partial charge in [0, 0.05) is 5.56 Å². The lowest BCUT2D eigenvalue weighted by atomic mass is 10.0. The predicted molar refractivity (Wildman–Crippen MR) is 97.4 cm³/mol. The van der Waals surface area contributed by atoms with Gasteiger partial charge in [-0.25, -0.2) is 4.79 Å². The third-order valence-corrected chi connectivity index (χ3v) is 3.99. The minimum absolute atomic E-state index is 0.339. The second kappa shape index (κ2) is 7.14. The fraction of sp³-hybridized carbons (Fsp3) is 0.136. The third-order valence-electron chi connectivity index (χ3n) is 3.99. The molecule has 0 aliphatic rings. The lowest BCUT2D eigenvalue weighted by Gasteiger charge is -2.11. The van der Waals surface area contributed by atoms with E-state index >= 15 is 0 Å². The second-order valence-electron chi connectivity index (χ2n) is 6.03. The number of benzene rings is 3. The smallest absolute Gasteiger partial charge is 0.343 e. The van der Waals surface area contributed by atoms with Gasteiger partial charge in [0.1, 0.15) is 5.75 Å². The Bertz CT molecular complexity index is 818. The van der Waals surface area contributed by atoms with Crippen LogP contribution in [0.5, 0.6) is 5.75 Å². The average Bonchev–Trinajstić information content (AvgIpc) is 2.63. The Morgan fingerprint density at radius 3 is 2.08 bits per heavy atom. The first kappa shape index (κ1) is 16.0. The maximum absolute atomic E-state index is 12.5. The van der Waals surface area contributed by atoms with Gasteiger partial charge in [-0.2, -0.15) is 0 Å². The molecular weight excluding hydrogens is 296 g/mol. The molecule has 0 bridgehead atoms. The molecule has 0 amide bonds. The van der Waals surface area contributed by atoms with Gasteiger partial charge in [-0.3, -0.25) is 0 Å². The van der Waals surface area contributed by atoms with Gasteiger partial charge >= 0.3 is 5.97 Å². The monoisotopic (exact) mass is 316 g/mol. The van der Waals surface area contributed by atoms with Crippen LogP contribution in [0.25, 0.3) is 11.1 Å². The summed E-state index contributed by atoms with van der Waals surface area (Å²) in [6.07, 6.45) is 0. The highest BCUT2D eigenvalue weighted by atomic mass is 16.5. The average molecular weight is 316 g/mol. The third kappa shape index (κ3) is 3.54. The van der Waals surface area contributed by atoms with E-state index in [0.29, 0.717) is 17.2 Å². The second-order valence-corrected chi connectivity index (χ2v) is 6.03. The number of carbonyl (C=O) groups excluding carboxylic acids is 1. The first-order valence-electron chi connectivity index (χ1n) is 8.12. The summed E-state index contributed by atoms with van der Waals surface area (Å²) in [6, 6.07) is 25.1. The molecule has 2 heteroatoms. The fourth-order valence-electron chi connectivity index (χ4n) is 2.57. The zero-order chi connectivity index (χ0) is 16.9. The van der Waals surface area contributed by atoms with Crippen molar-refractivity contribution in [1.29, 1.82) is 0 Å². The van der Waals surface area contributed by atoms with Crippen LogP contribution in [-0.4, -0.2) is 5.97 Å². The molecule has 3 rings (SSSR count). The molecule has 0 heterocycles. The lowest BCUT2D eigenvalue weighted by Crippen LogP contribution is -2.09. The van der Waals surface area contributed by atoms with Crippen molar-refractivity contribution in [2.75, 3.05) is 0 Å². The Hall–Kier alpha value is -2.87. The Labute approximate surface area is 142 Å². The summed E-state index contributed by atoms with van der Waals surface area (Å²) in [6.45, 7) is 4.26. The predicted octanol–water partition coefficient (Wildman–Crippen LogP) is 5.70. The molecule has 0 aromatic heterocycles. The summed E-state index contributed by atoms with van der Waals surface area (Å²) in [5.74, 6) is 0.671. The maximum atomic E-state index is 12.5. The van der Waals surface area contributed by atoms with Crippen molar-refractivity contribution in [1.82, 2.24) is 0 Å². The van der Waals surface area contributed by atoms with Crippen LogP contribution in [0.3, 0.4) is 0 Å². The summed E-state index contributed by atoms with van der Waals surface area (Å²) in [5, 5.41) is 0. The largest absolute Gasteiger partial charge is 0.422 e. The molecule has 24 heavy (non-hydrogen) atoms. The van der Waals surface area contributed by atoms with E-state index in [1.54, 1.807) is 0 Å². The molecule has 0 fully saturated rings. The summed E-state index contributed by atoms with van der Waals surface area (Å²) >= 11 is 0. The van der Waals surface area contributed by atoms with E-state index in [-0.39, 0.29) is 5.97 Å². The molecule has 0 spiro atoms. The number of esters is 1. The lowest BCUT2D eigenvalue weighted by molar-refractivity contribution is 0.0735. The zero-order valence-corrected chi connectivity index (χ0v) is 13.9. The van der Waals surface area contributed by atoms with E-state index in [9.17, 15) is 4.79 Å². The van der Waals surface area contributed by atoms with E-state index in [0.717, 1.165) is 11.1 Å². The van der Waals surface area contributed by atoms with Crippen LogP contribution < -0.4 is 4.74 Å². The number of para-hydroxylation sites is 1. The van der Waals surface area contributed by atoms with E-state index in [1.807, 2.05) is 78.9 Å². The minimum Gasteiger partial charge on any atom is -0.422 e. The highest BCUT2D eigenvalue weighted by Crippen LogP contribution is 2.30. The molecule has 0 saturated carbocycles. The van der Waals surface area contributed by atoms with E-state index < -0.39 is 0 Å². The van der Waals surface area contributed by atoms with Crippen molar-refractivity contribution in [3.05, 3.63) is 90.0 Å². The maximum Gasteiger partial charge on any atom is 0.343 e. The SMILES string of the molecule is CC(C)c1ccc(C(=O)Oc2ccccc2-c2ccccc2)cc1. The molecule has 120 valence electrons. The summed E-state index contributed by atoms with van der Waals surface area (Å²) in [4.78, 5) is 12.5. The number of hydrogen-bond donors (Lipinski definition) is 0. The highest BCUT2D eigenvalue weighted by Gasteiger charge is 2.12. The quantitative estimate of drug-likeness (QED) is 0.456.